The Bertz CT molecular complexity index is 172. The fourth-order valence-electron chi connectivity index (χ4n) is 0.475. The van der Waals surface area contributed by atoms with Gasteiger partial charge >= 0.3 is 0 Å². The summed E-state index contributed by atoms with van der Waals surface area (Å²) < 4.78 is 1.62. The molecule has 1 rings (SSSR count). The largest absolute Gasteiger partial charge is 0.238 e. The summed E-state index contributed by atoms with van der Waals surface area (Å²) in [4.78, 5) is 0. The topological polar surface area (TPSA) is 30.7 Å². The first-order chi connectivity index (χ1) is 3.83. The third-order valence-electron chi connectivity index (χ3n) is 0.920. The van der Waals surface area contributed by atoms with Crippen molar-refractivity contribution in [2.75, 3.05) is 0 Å². The molecular weight excluding hydrogens is 121 g/mol. The highest BCUT2D eigenvalue weighted by molar-refractivity contribution is 7.14. The summed E-state index contributed by atoms with van der Waals surface area (Å²) in [7, 11) is 2.42. The Morgan fingerprint density at radius 3 is 2.88 bits per heavy atom. The minimum absolute atomic E-state index is 0.953. The molecule has 0 N–H and O–H groups in total. The normalized spacial score (nSPS) is 9.75. The van der Waals surface area contributed by atoms with Gasteiger partial charge in [-0.25, -0.2) is 4.45 Å². The van der Waals surface area contributed by atoms with Gasteiger partial charge in [-0.1, -0.05) is 12.1 Å². The second kappa shape index (κ2) is 2.23. The lowest BCUT2D eigenvalue weighted by molar-refractivity contribution is 0.873. The highest BCUT2D eigenvalue weighted by Gasteiger charge is 1.90. The molecule has 1 aromatic rings. The average molecular weight is 129 g/mol. The lowest BCUT2D eigenvalue weighted by Crippen LogP contribution is -1.77. The Labute approximate surface area is 50.3 Å². The molecule has 0 aliphatic heterocycles. The lowest BCUT2D eigenvalue weighted by Gasteiger charge is -1.78. The molecule has 0 bridgehead atoms. The minimum atomic E-state index is 0.953. The van der Waals surface area contributed by atoms with Crippen molar-refractivity contribution in [3.63, 3.8) is 0 Å². The van der Waals surface area contributed by atoms with Crippen molar-refractivity contribution in [2.24, 2.45) is 0 Å². The zero-order valence-electron chi connectivity index (χ0n) is 4.70. The molecule has 0 fully saturated rings. The third-order valence-corrected chi connectivity index (χ3v) is 1.17. The molecule has 0 aliphatic rings. The van der Waals surface area contributed by atoms with Gasteiger partial charge in [-0.15, -0.1) is 5.10 Å². The number of aromatic nitrogens is 3. The number of hydrogen-bond donors (Lipinski definition) is 0. The standard InChI is InChI=1S/C4H8N3P/c1-2-4-3-7(8)6-5-4/h3H,2,8H2,1H3. The van der Waals surface area contributed by atoms with E-state index in [1.54, 1.807) is 4.45 Å². The minimum Gasteiger partial charge on any atom is -0.238 e. The van der Waals surface area contributed by atoms with Crippen LogP contribution in [0, 0.1) is 0 Å². The molecule has 1 aromatic heterocycles. The average Bonchev–Trinajstić information content (AvgIpc) is 2.14. The zero-order chi connectivity index (χ0) is 5.98. The Morgan fingerprint density at radius 1 is 1.88 bits per heavy atom. The third kappa shape index (κ3) is 1.04. The smallest absolute Gasteiger partial charge is 0.0827 e. The Kier molecular flexibility index (Phi) is 1.59. The van der Waals surface area contributed by atoms with Crippen LogP contribution >= 0.6 is 9.39 Å². The number of aryl methyl sites for hydroxylation is 1. The maximum absolute atomic E-state index is 3.83. The van der Waals surface area contributed by atoms with Crippen molar-refractivity contribution in [1.29, 1.82) is 0 Å². The van der Waals surface area contributed by atoms with Crippen molar-refractivity contribution < 1.29 is 0 Å². The monoisotopic (exact) mass is 129 g/mol. The summed E-state index contributed by atoms with van der Waals surface area (Å²) in [6, 6.07) is 0. The molecular formula is C4H8N3P. The summed E-state index contributed by atoms with van der Waals surface area (Å²) in [6.45, 7) is 2.05. The van der Waals surface area contributed by atoms with Crippen LogP contribution in [0.15, 0.2) is 6.20 Å². The van der Waals surface area contributed by atoms with E-state index in [4.69, 9.17) is 0 Å². The van der Waals surface area contributed by atoms with Gasteiger partial charge in [0.1, 0.15) is 0 Å². The van der Waals surface area contributed by atoms with Crippen molar-refractivity contribution in [1.82, 2.24) is 14.8 Å². The molecule has 3 nitrogen and oxygen atoms in total. The van der Waals surface area contributed by atoms with Crippen LogP contribution in [-0.4, -0.2) is 14.8 Å². The summed E-state index contributed by atoms with van der Waals surface area (Å²) in [5.74, 6) is 0. The number of nitrogens with zero attached hydrogens (tertiary/aromatic N) is 3. The van der Waals surface area contributed by atoms with Crippen LogP contribution in [0.25, 0.3) is 0 Å². The predicted octanol–water partition coefficient (Wildman–Crippen LogP) is 0.479. The molecule has 0 spiro atoms. The molecule has 4 heteroatoms. The van der Waals surface area contributed by atoms with Gasteiger partial charge < -0.3 is 0 Å². The van der Waals surface area contributed by atoms with Crippen LogP contribution in [0.1, 0.15) is 12.6 Å². The van der Waals surface area contributed by atoms with E-state index in [-0.39, 0.29) is 0 Å². The van der Waals surface area contributed by atoms with Crippen molar-refractivity contribution in [3.8, 4) is 0 Å². The van der Waals surface area contributed by atoms with Crippen molar-refractivity contribution >= 4 is 9.39 Å². The van der Waals surface area contributed by atoms with E-state index in [1.807, 2.05) is 6.20 Å². The van der Waals surface area contributed by atoms with Gasteiger partial charge in [0.05, 0.1) is 11.9 Å². The van der Waals surface area contributed by atoms with Crippen LogP contribution in [0.5, 0.6) is 0 Å². The molecule has 8 heavy (non-hydrogen) atoms. The van der Waals surface area contributed by atoms with E-state index >= 15 is 0 Å². The fourth-order valence-corrected chi connectivity index (χ4v) is 0.699. The fraction of sp³-hybridized carbons (Fsp3) is 0.500. The summed E-state index contributed by atoms with van der Waals surface area (Å²) in [6.07, 6.45) is 2.83. The van der Waals surface area contributed by atoms with Gasteiger partial charge in [0, 0.05) is 0 Å². The highest BCUT2D eigenvalue weighted by atomic mass is 31.0. The van der Waals surface area contributed by atoms with E-state index in [2.05, 4.69) is 26.6 Å². The van der Waals surface area contributed by atoms with Gasteiger partial charge in [-0.3, -0.25) is 0 Å². The highest BCUT2D eigenvalue weighted by Crippen LogP contribution is 1.94. The van der Waals surface area contributed by atoms with Gasteiger partial charge in [-0.2, -0.15) is 0 Å². The quantitative estimate of drug-likeness (QED) is 0.516. The maximum atomic E-state index is 3.83. The Morgan fingerprint density at radius 2 is 2.62 bits per heavy atom. The van der Waals surface area contributed by atoms with E-state index in [0.29, 0.717) is 0 Å². The molecule has 0 aliphatic carbocycles. The van der Waals surface area contributed by atoms with Crippen molar-refractivity contribution in [2.45, 2.75) is 13.3 Å². The molecule has 1 atom stereocenters. The predicted molar refractivity (Wildman–Crippen MR) is 34.5 cm³/mol. The van der Waals surface area contributed by atoms with Gasteiger partial charge in [-0.05, 0) is 15.8 Å². The Hall–Kier alpha value is -0.430. The van der Waals surface area contributed by atoms with Gasteiger partial charge in [0.2, 0.25) is 0 Å². The second-order valence-corrected chi connectivity index (χ2v) is 2.07. The second-order valence-electron chi connectivity index (χ2n) is 1.54. The number of hydrogen-bond acceptors (Lipinski definition) is 2. The first-order valence-electron chi connectivity index (χ1n) is 2.49. The Balaban J connectivity index is 2.84. The molecule has 0 saturated carbocycles. The van der Waals surface area contributed by atoms with E-state index in [0.717, 1.165) is 12.1 Å². The molecule has 44 valence electrons. The molecule has 0 aromatic carbocycles. The summed E-state index contributed by atoms with van der Waals surface area (Å²) >= 11 is 0. The first kappa shape index (κ1) is 5.70. The zero-order valence-corrected chi connectivity index (χ0v) is 5.86. The van der Waals surface area contributed by atoms with E-state index in [9.17, 15) is 0 Å². The molecule has 0 saturated heterocycles. The molecule has 0 amide bonds. The van der Waals surface area contributed by atoms with Crippen LogP contribution < -0.4 is 0 Å². The van der Waals surface area contributed by atoms with Crippen LogP contribution in [0.4, 0.5) is 0 Å². The van der Waals surface area contributed by atoms with E-state index < -0.39 is 0 Å². The SMILES string of the molecule is CCc1cn(P)nn1. The first-order valence-corrected chi connectivity index (χ1v) is 3.01. The van der Waals surface area contributed by atoms with Crippen LogP contribution in [-0.2, 0) is 6.42 Å². The van der Waals surface area contributed by atoms with Crippen LogP contribution in [0.3, 0.4) is 0 Å². The van der Waals surface area contributed by atoms with E-state index in [1.165, 1.54) is 0 Å². The molecule has 1 unspecified atom stereocenters. The lowest BCUT2D eigenvalue weighted by atomic mass is 10.4. The number of rotatable bonds is 1. The van der Waals surface area contributed by atoms with Crippen LogP contribution in [0.2, 0.25) is 0 Å². The molecule has 1 heterocycles. The molecule has 0 radical (unpaired) electrons. The summed E-state index contributed by atoms with van der Waals surface area (Å²) in [5.41, 5.74) is 1.03. The maximum Gasteiger partial charge on any atom is 0.0827 e. The van der Waals surface area contributed by atoms with Gasteiger partial charge in [0.25, 0.3) is 0 Å². The van der Waals surface area contributed by atoms with Gasteiger partial charge in [0.15, 0.2) is 0 Å². The summed E-state index contributed by atoms with van der Waals surface area (Å²) in [5, 5.41) is 7.54. The van der Waals surface area contributed by atoms with Crippen molar-refractivity contribution in [3.05, 3.63) is 11.9 Å².